The van der Waals surface area contributed by atoms with Gasteiger partial charge in [-0.05, 0) is 12.1 Å². The van der Waals surface area contributed by atoms with Crippen LogP contribution >= 0.6 is 22.7 Å². The number of nitrogens with zero attached hydrogens (tertiary/aromatic N) is 3. The molecule has 5 nitrogen and oxygen atoms in total. The number of carbonyl (C=O) groups excluding carboxylic acids is 1. The van der Waals surface area contributed by atoms with Crippen molar-refractivity contribution in [2.75, 3.05) is 5.32 Å². The third kappa shape index (κ3) is 3.95. The molecule has 3 aromatic rings. The number of carbonyl (C=O) groups is 1. The molecule has 0 fully saturated rings. The average Bonchev–Trinajstić information content (AvgIpc) is 3.17. The van der Waals surface area contributed by atoms with Crippen LogP contribution in [0.5, 0.6) is 0 Å². The monoisotopic (exact) mass is 370 g/mol. The van der Waals surface area contributed by atoms with Crippen LogP contribution in [0.25, 0.3) is 10.6 Å². The summed E-state index contributed by atoms with van der Waals surface area (Å²) in [5, 5.41) is 5.57. The van der Waals surface area contributed by atoms with E-state index in [1.165, 1.54) is 11.3 Å². The Kier molecular flexibility index (Phi) is 4.58. The number of pyridine rings is 1. The molecule has 3 aromatic heterocycles. The molecule has 0 aromatic carbocycles. The molecule has 0 aliphatic rings. The van der Waals surface area contributed by atoms with Gasteiger partial charge in [-0.15, -0.1) is 22.7 Å². The van der Waals surface area contributed by atoms with Crippen LogP contribution in [0.15, 0.2) is 35.3 Å². The molecular formula is C14H9F3N4OS2. The zero-order valence-electron chi connectivity index (χ0n) is 11.9. The number of anilines is 1. The van der Waals surface area contributed by atoms with Crippen LogP contribution < -0.4 is 5.32 Å². The highest BCUT2D eigenvalue weighted by molar-refractivity contribution is 7.14. The van der Waals surface area contributed by atoms with Crippen molar-refractivity contribution in [1.82, 2.24) is 15.0 Å². The van der Waals surface area contributed by atoms with Crippen molar-refractivity contribution in [3.05, 3.63) is 46.7 Å². The Hall–Kier alpha value is -2.33. The molecule has 0 aliphatic carbocycles. The molecule has 0 unspecified atom stereocenters. The van der Waals surface area contributed by atoms with Crippen LogP contribution in [0.2, 0.25) is 0 Å². The summed E-state index contributed by atoms with van der Waals surface area (Å²) in [5.74, 6) is -0.471. The van der Waals surface area contributed by atoms with Crippen LogP contribution in [-0.2, 0) is 17.4 Å². The van der Waals surface area contributed by atoms with Gasteiger partial charge in [0.1, 0.15) is 5.01 Å². The van der Waals surface area contributed by atoms with Gasteiger partial charge in [-0.2, -0.15) is 13.2 Å². The molecule has 124 valence electrons. The van der Waals surface area contributed by atoms with Gasteiger partial charge in [0, 0.05) is 28.7 Å². The highest BCUT2D eigenvalue weighted by Gasteiger charge is 2.33. The maximum atomic E-state index is 12.5. The minimum absolute atomic E-state index is 0.0440. The van der Waals surface area contributed by atoms with Gasteiger partial charge in [0.15, 0.2) is 10.8 Å². The number of halogens is 3. The highest BCUT2D eigenvalue weighted by Crippen LogP contribution is 2.31. The summed E-state index contributed by atoms with van der Waals surface area (Å²) in [4.78, 5) is 23.6. The van der Waals surface area contributed by atoms with Crippen LogP contribution in [0, 0.1) is 0 Å². The molecule has 0 atom stereocenters. The Bertz CT molecular complexity index is 845. The fraction of sp³-hybridized carbons (Fsp3) is 0.143. The molecule has 1 amide bonds. The van der Waals surface area contributed by atoms with E-state index in [4.69, 9.17) is 0 Å². The van der Waals surface area contributed by atoms with Crippen molar-refractivity contribution in [3.63, 3.8) is 0 Å². The van der Waals surface area contributed by atoms with Crippen LogP contribution in [0.1, 0.15) is 11.4 Å². The van der Waals surface area contributed by atoms with E-state index in [0.717, 1.165) is 27.3 Å². The van der Waals surface area contributed by atoms with Gasteiger partial charge in [-0.1, -0.05) is 0 Å². The predicted molar refractivity (Wildman–Crippen MR) is 84.8 cm³/mol. The first kappa shape index (κ1) is 16.5. The van der Waals surface area contributed by atoms with E-state index in [9.17, 15) is 18.0 Å². The molecule has 3 rings (SSSR count). The number of hydrogen-bond acceptors (Lipinski definition) is 6. The first-order valence-corrected chi connectivity index (χ1v) is 8.35. The minimum atomic E-state index is -4.52. The van der Waals surface area contributed by atoms with E-state index >= 15 is 0 Å². The lowest BCUT2D eigenvalue weighted by molar-refractivity contribution is -0.140. The Morgan fingerprint density at radius 3 is 2.71 bits per heavy atom. The summed E-state index contributed by atoms with van der Waals surface area (Å²) in [7, 11) is 0. The summed E-state index contributed by atoms with van der Waals surface area (Å²) < 4.78 is 37.4. The predicted octanol–water partition coefficient (Wildman–Crippen LogP) is 3.86. The number of alkyl halides is 3. The first-order chi connectivity index (χ1) is 11.4. The lowest BCUT2D eigenvalue weighted by atomic mass is 10.3. The van der Waals surface area contributed by atoms with Gasteiger partial charge in [-0.3, -0.25) is 9.78 Å². The smallest absolute Gasteiger partial charge is 0.302 e. The van der Waals surface area contributed by atoms with Gasteiger partial charge in [-0.25, -0.2) is 9.97 Å². The van der Waals surface area contributed by atoms with E-state index in [0.29, 0.717) is 5.69 Å². The van der Waals surface area contributed by atoms with Crippen molar-refractivity contribution in [2.24, 2.45) is 0 Å². The average molecular weight is 370 g/mol. The number of rotatable bonds is 4. The van der Waals surface area contributed by atoms with Gasteiger partial charge >= 0.3 is 6.18 Å². The Labute approximate surface area is 142 Å². The molecule has 10 heteroatoms. The van der Waals surface area contributed by atoms with Crippen LogP contribution in [0.3, 0.4) is 0 Å². The van der Waals surface area contributed by atoms with Gasteiger partial charge in [0.05, 0.1) is 12.1 Å². The summed E-state index contributed by atoms with van der Waals surface area (Å²) >= 11 is 2.09. The molecule has 0 aliphatic heterocycles. The van der Waals surface area contributed by atoms with Crippen molar-refractivity contribution in [2.45, 2.75) is 12.6 Å². The van der Waals surface area contributed by atoms with Gasteiger partial charge in [0.2, 0.25) is 5.91 Å². The van der Waals surface area contributed by atoms with Gasteiger partial charge < -0.3 is 5.32 Å². The molecule has 1 N–H and O–H groups in total. The highest BCUT2D eigenvalue weighted by atomic mass is 32.1. The van der Waals surface area contributed by atoms with E-state index in [2.05, 4.69) is 20.3 Å². The summed E-state index contributed by atoms with van der Waals surface area (Å²) in [6.07, 6.45) is -1.25. The number of thiazole rings is 2. The minimum Gasteiger partial charge on any atom is -0.302 e. The number of aromatic nitrogens is 3. The summed E-state index contributed by atoms with van der Waals surface area (Å²) in [6, 6.07) is 3.63. The molecule has 0 bridgehead atoms. The second kappa shape index (κ2) is 6.65. The molecule has 0 spiro atoms. The molecule has 3 heterocycles. The zero-order chi connectivity index (χ0) is 17.2. The van der Waals surface area contributed by atoms with Crippen molar-refractivity contribution >= 4 is 33.7 Å². The number of hydrogen-bond donors (Lipinski definition) is 1. The quantitative estimate of drug-likeness (QED) is 0.757. The Morgan fingerprint density at radius 2 is 2.04 bits per heavy atom. The van der Waals surface area contributed by atoms with E-state index < -0.39 is 17.8 Å². The number of amides is 1. The van der Waals surface area contributed by atoms with Crippen molar-refractivity contribution in [3.8, 4) is 10.6 Å². The maximum absolute atomic E-state index is 12.5. The second-order valence-corrected chi connectivity index (χ2v) is 6.36. The summed E-state index contributed by atoms with van der Waals surface area (Å²) in [5.41, 5.74) is 0.350. The fourth-order valence-electron chi connectivity index (χ4n) is 1.80. The fourth-order valence-corrected chi connectivity index (χ4v) is 3.34. The zero-order valence-corrected chi connectivity index (χ0v) is 13.5. The Morgan fingerprint density at radius 1 is 1.21 bits per heavy atom. The third-order valence-corrected chi connectivity index (χ3v) is 4.54. The largest absolute Gasteiger partial charge is 0.434 e. The maximum Gasteiger partial charge on any atom is 0.434 e. The molecule has 0 saturated heterocycles. The number of nitrogens with one attached hydrogen (secondary N) is 1. The molecule has 0 saturated carbocycles. The SMILES string of the molecule is O=C(Cc1csc(-c2cccnc2)n1)Nc1nc(C(F)(F)F)cs1. The lowest BCUT2D eigenvalue weighted by Crippen LogP contribution is -2.15. The van der Waals surface area contributed by atoms with Crippen molar-refractivity contribution < 1.29 is 18.0 Å². The van der Waals surface area contributed by atoms with Gasteiger partial charge in [0.25, 0.3) is 0 Å². The van der Waals surface area contributed by atoms with Crippen molar-refractivity contribution in [1.29, 1.82) is 0 Å². The van der Waals surface area contributed by atoms with E-state index in [1.807, 2.05) is 6.07 Å². The molecular weight excluding hydrogens is 361 g/mol. The lowest BCUT2D eigenvalue weighted by Gasteiger charge is -2.01. The molecule has 0 radical (unpaired) electrons. The summed E-state index contributed by atoms with van der Waals surface area (Å²) in [6.45, 7) is 0. The Balaban J connectivity index is 1.63. The first-order valence-electron chi connectivity index (χ1n) is 6.59. The third-order valence-electron chi connectivity index (χ3n) is 2.84. The van der Waals surface area contributed by atoms with Crippen LogP contribution in [0.4, 0.5) is 18.3 Å². The van der Waals surface area contributed by atoms with E-state index in [1.54, 1.807) is 23.8 Å². The normalized spacial score (nSPS) is 11.5. The topological polar surface area (TPSA) is 67.8 Å². The van der Waals surface area contributed by atoms with Crippen LogP contribution in [-0.4, -0.2) is 20.9 Å². The second-order valence-electron chi connectivity index (χ2n) is 4.65. The van der Waals surface area contributed by atoms with E-state index in [-0.39, 0.29) is 11.6 Å². The molecule has 24 heavy (non-hydrogen) atoms. The standard InChI is InChI=1S/C14H9F3N4OS2/c15-14(16,17)10-7-24-13(20-10)21-11(22)4-9-6-23-12(19-9)8-2-1-3-18-5-8/h1-3,5-7H,4H2,(H,20,21,22).